The molecule has 8 nitrogen and oxygen atoms in total. The summed E-state index contributed by atoms with van der Waals surface area (Å²) in [5.41, 5.74) is 5.41. The number of amides is 1. The largest absolute Gasteiger partial charge is 0.466 e. The normalized spacial score (nSPS) is 10.5. The molecular weight excluding hydrogens is 520 g/mol. The molecule has 0 aliphatic heterocycles. The Kier molecular flexibility index (Phi) is 36.5. The first kappa shape index (κ1) is 41.3. The minimum absolute atomic E-state index is 0.0290. The van der Waals surface area contributed by atoms with Gasteiger partial charge in [-0.05, 0) is 45.1 Å². The van der Waals surface area contributed by atoms with Crippen LogP contribution in [0.4, 0.5) is 4.79 Å². The molecule has 244 valence electrons. The van der Waals surface area contributed by atoms with Crippen molar-refractivity contribution in [3.05, 3.63) is 0 Å². The van der Waals surface area contributed by atoms with Gasteiger partial charge in [-0.3, -0.25) is 9.59 Å². The second-order valence-corrected chi connectivity index (χ2v) is 11.0. The van der Waals surface area contributed by atoms with Crippen molar-refractivity contribution in [2.24, 2.45) is 5.73 Å². The highest BCUT2D eigenvalue weighted by Gasteiger charge is 2.03. The monoisotopic (exact) mass is 586 g/mol. The fourth-order valence-corrected chi connectivity index (χ4v) is 4.35. The van der Waals surface area contributed by atoms with Gasteiger partial charge in [0.05, 0.1) is 13.2 Å². The molecule has 0 aromatic rings. The summed E-state index contributed by atoms with van der Waals surface area (Å²) in [6, 6.07) is 0. The Morgan fingerprint density at radius 1 is 0.537 bits per heavy atom. The van der Waals surface area contributed by atoms with Gasteiger partial charge in [0.2, 0.25) is 0 Å². The maximum Gasteiger partial charge on any atom is 0.404 e. The fourth-order valence-electron chi connectivity index (χ4n) is 4.35. The lowest BCUT2D eigenvalue weighted by Crippen LogP contribution is -2.21. The Hall–Kier alpha value is -1.83. The molecule has 0 spiro atoms. The summed E-state index contributed by atoms with van der Waals surface area (Å²) in [6.07, 6.45) is 25.1. The Morgan fingerprint density at radius 3 is 1.32 bits per heavy atom. The van der Waals surface area contributed by atoms with Gasteiger partial charge < -0.3 is 25.6 Å². The number of rotatable bonds is 29. The highest BCUT2D eigenvalue weighted by atomic mass is 16.5. The van der Waals surface area contributed by atoms with Crippen LogP contribution in [0.25, 0.3) is 0 Å². The molecule has 1 amide bonds. The zero-order valence-corrected chi connectivity index (χ0v) is 26.9. The van der Waals surface area contributed by atoms with E-state index in [0.29, 0.717) is 32.6 Å². The van der Waals surface area contributed by atoms with Crippen LogP contribution in [0.1, 0.15) is 168 Å². The third-order valence-electron chi connectivity index (χ3n) is 6.94. The number of carbonyl (C=O) groups is 3. The molecule has 4 N–H and O–H groups in total. The van der Waals surface area contributed by atoms with Crippen LogP contribution in [0.3, 0.4) is 0 Å². The van der Waals surface area contributed by atoms with Gasteiger partial charge in [0.25, 0.3) is 0 Å². The Balaban J connectivity index is 0. The third kappa shape index (κ3) is 40.4. The third-order valence-corrected chi connectivity index (χ3v) is 6.94. The lowest BCUT2D eigenvalue weighted by molar-refractivity contribution is -0.144. The molecule has 0 fully saturated rings. The minimum Gasteiger partial charge on any atom is -0.466 e. The van der Waals surface area contributed by atoms with E-state index in [1.165, 1.54) is 70.6 Å². The van der Waals surface area contributed by atoms with Crippen molar-refractivity contribution in [2.45, 2.75) is 168 Å². The maximum atomic E-state index is 11.5. The second-order valence-electron chi connectivity index (χ2n) is 11.0. The first-order valence-electron chi connectivity index (χ1n) is 17.0. The number of carboxylic acid groups (broad SMARTS) is 1. The molecule has 0 rings (SSSR count). The number of unbranched alkanes of at least 4 members (excludes halogenated alkanes) is 18. The number of esters is 2. The first-order chi connectivity index (χ1) is 20.0. The van der Waals surface area contributed by atoms with Crippen LogP contribution < -0.4 is 11.1 Å². The van der Waals surface area contributed by atoms with Crippen molar-refractivity contribution in [3.8, 4) is 0 Å². The number of ether oxygens (including phenoxy) is 2. The summed E-state index contributed by atoms with van der Waals surface area (Å²) in [7, 11) is 0. The Bertz CT molecular complexity index is 574. The van der Waals surface area contributed by atoms with Crippen LogP contribution in [0.2, 0.25) is 0 Å². The molecule has 0 heterocycles. The van der Waals surface area contributed by atoms with Gasteiger partial charge in [0.1, 0.15) is 0 Å². The number of nitrogens with one attached hydrogen (secondary N) is 1. The van der Waals surface area contributed by atoms with Crippen LogP contribution >= 0.6 is 0 Å². The molecule has 0 saturated carbocycles. The van der Waals surface area contributed by atoms with Gasteiger partial charge in [0.15, 0.2) is 0 Å². The van der Waals surface area contributed by atoms with E-state index in [1.54, 1.807) is 0 Å². The Morgan fingerprint density at radius 2 is 0.902 bits per heavy atom. The molecule has 0 unspecified atom stereocenters. The highest BCUT2D eigenvalue weighted by Crippen LogP contribution is 2.09. The van der Waals surface area contributed by atoms with Crippen LogP contribution in [0.15, 0.2) is 0 Å². The molecule has 8 heteroatoms. The van der Waals surface area contributed by atoms with E-state index in [9.17, 15) is 14.4 Å². The predicted molar refractivity (Wildman–Crippen MR) is 169 cm³/mol. The minimum atomic E-state index is -0.978. The van der Waals surface area contributed by atoms with Gasteiger partial charge in [0, 0.05) is 19.4 Å². The van der Waals surface area contributed by atoms with Crippen LogP contribution in [0, 0.1) is 0 Å². The average molecular weight is 587 g/mol. The van der Waals surface area contributed by atoms with Crippen molar-refractivity contribution < 1.29 is 29.0 Å². The molecule has 0 saturated heterocycles. The standard InChI is InChI=1S/C17H33NO4.C16H33NO2/c1-2-3-4-5-6-9-12-15-22-16(19)13-10-7-8-11-14-18-17(20)21;1-2-3-4-5-6-9-12-15-19-16(18)13-10-7-8-11-14-17/h18H,2-15H2,1H3,(H,20,21);2-15,17H2,1H3. The van der Waals surface area contributed by atoms with E-state index in [2.05, 4.69) is 19.2 Å². The van der Waals surface area contributed by atoms with E-state index < -0.39 is 6.09 Å². The summed E-state index contributed by atoms with van der Waals surface area (Å²) in [5.74, 6) is -0.131. The van der Waals surface area contributed by atoms with E-state index in [0.717, 1.165) is 77.2 Å². The van der Waals surface area contributed by atoms with Crippen LogP contribution in [-0.4, -0.2) is 49.4 Å². The molecule has 0 aliphatic rings. The average Bonchev–Trinajstić information content (AvgIpc) is 2.95. The molecular formula is C33H66N2O6. The summed E-state index contributed by atoms with van der Waals surface area (Å²) in [5, 5.41) is 10.7. The highest BCUT2D eigenvalue weighted by molar-refractivity contribution is 5.69. The fraction of sp³-hybridized carbons (Fsp3) is 0.909. The van der Waals surface area contributed by atoms with E-state index in [-0.39, 0.29) is 11.9 Å². The van der Waals surface area contributed by atoms with Gasteiger partial charge in [-0.25, -0.2) is 4.79 Å². The molecule has 0 radical (unpaired) electrons. The van der Waals surface area contributed by atoms with Crippen molar-refractivity contribution in [1.82, 2.24) is 5.32 Å². The number of hydrogen-bond donors (Lipinski definition) is 3. The van der Waals surface area contributed by atoms with Gasteiger partial charge in [-0.15, -0.1) is 0 Å². The molecule has 0 aromatic carbocycles. The van der Waals surface area contributed by atoms with Crippen LogP contribution in [0.5, 0.6) is 0 Å². The molecule has 0 atom stereocenters. The van der Waals surface area contributed by atoms with Crippen molar-refractivity contribution in [3.63, 3.8) is 0 Å². The van der Waals surface area contributed by atoms with Crippen LogP contribution in [-0.2, 0) is 19.1 Å². The number of nitrogens with two attached hydrogens (primary N) is 1. The summed E-state index contributed by atoms with van der Waals surface area (Å²) < 4.78 is 10.4. The SMILES string of the molecule is CCCCCCCCCOC(=O)CCCCCCN.CCCCCCCCCOC(=O)CCCCCCNC(=O)O. The molecule has 0 aliphatic carbocycles. The van der Waals surface area contributed by atoms with E-state index in [1.807, 2.05) is 0 Å². The maximum absolute atomic E-state index is 11.5. The molecule has 0 aromatic heterocycles. The van der Waals surface area contributed by atoms with E-state index in [4.69, 9.17) is 20.3 Å². The number of carbonyl (C=O) groups excluding carboxylic acids is 2. The molecule has 0 bridgehead atoms. The van der Waals surface area contributed by atoms with Gasteiger partial charge >= 0.3 is 18.0 Å². The zero-order chi connectivity index (χ0) is 30.7. The second kappa shape index (κ2) is 36.2. The molecule has 41 heavy (non-hydrogen) atoms. The summed E-state index contributed by atoms with van der Waals surface area (Å²) in [4.78, 5) is 33.1. The number of hydrogen-bond acceptors (Lipinski definition) is 6. The van der Waals surface area contributed by atoms with E-state index >= 15 is 0 Å². The zero-order valence-electron chi connectivity index (χ0n) is 26.9. The lowest BCUT2D eigenvalue weighted by atomic mass is 10.1. The lowest BCUT2D eigenvalue weighted by Gasteiger charge is -2.05. The van der Waals surface area contributed by atoms with Crippen molar-refractivity contribution in [2.75, 3.05) is 26.3 Å². The smallest absolute Gasteiger partial charge is 0.404 e. The first-order valence-corrected chi connectivity index (χ1v) is 17.0. The van der Waals surface area contributed by atoms with Crippen molar-refractivity contribution in [1.29, 1.82) is 0 Å². The quantitative estimate of drug-likeness (QED) is 0.0590. The van der Waals surface area contributed by atoms with Gasteiger partial charge in [-0.1, -0.05) is 117 Å². The topological polar surface area (TPSA) is 128 Å². The summed E-state index contributed by atoms with van der Waals surface area (Å²) in [6.45, 7) is 6.84. The summed E-state index contributed by atoms with van der Waals surface area (Å²) >= 11 is 0. The van der Waals surface area contributed by atoms with Gasteiger partial charge in [-0.2, -0.15) is 0 Å². The van der Waals surface area contributed by atoms with Crippen molar-refractivity contribution >= 4 is 18.0 Å². The Labute approximate surface area is 252 Å². The predicted octanol–water partition coefficient (Wildman–Crippen LogP) is 8.69.